The number of nitrogens with two attached hydrogens (primary N) is 1. The standard InChI is InChI=1S/C16H20N6O/c1-11-20-12(4-5-15(17)23)9-13(21-11)14-3-2-8-22(14)16-10-18-6-7-19-16/h6-7,9-10,14H,2-5,8H2,1H3,(H2,17,23). The fourth-order valence-corrected chi connectivity index (χ4v) is 2.99. The van der Waals surface area contributed by atoms with Gasteiger partial charge in [0.1, 0.15) is 11.6 Å². The molecular weight excluding hydrogens is 292 g/mol. The molecule has 120 valence electrons. The highest BCUT2D eigenvalue weighted by atomic mass is 16.1. The maximum atomic E-state index is 11.0. The zero-order chi connectivity index (χ0) is 16.2. The van der Waals surface area contributed by atoms with Crippen LogP contribution in [0.3, 0.4) is 0 Å². The number of amides is 1. The van der Waals surface area contributed by atoms with Gasteiger partial charge in [-0.15, -0.1) is 0 Å². The summed E-state index contributed by atoms with van der Waals surface area (Å²) in [5.41, 5.74) is 7.06. The Morgan fingerprint density at radius 3 is 3.00 bits per heavy atom. The molecule has 7 nitrogen and oxygen atoms in total. The first kappa shape index (κ1) is 15.3. The van der Waals surface area contributed by atoms with Gasteiger partial charge in [0.15, 0.2) is 0 Å². The van der Waals surface area contributed by atoms with Gasteiger partial charge >= 0.3 is 0 Å². The van der Waals surface area contributed by atoms with Gasteiger partial charge in [0.25, 0.3) is 0 Å². The minimum atomic E-state index is -0.315. The zero-order valence-electron chi connectivity index (χ0n) is 13.1. The second-order valence-corrected chi connectivity index (χ2v) is 5.71. The van der Waals surface area contributed by atoms with Crippen LogP contribution in [0, 0.1) is 6.92 Å². The largest absolute Gasteiger partial charge is 0.370 e. The Kier molecular flexibility index (Phi) is 4.45. The predicted molar refractivity (Wildman–Crippen MR) is 85.6 cm³/mol. The van der Waals surface area contributed by atoms with E-state index in [1.165, 1.54) is 0 Å². The van der Waals surface area contributed by atoms with Crippen LogP contribution in [0.25, 0.3) is 0 Å². The summed E-state index contributed by atoms with van der Waals surface area (Å²) in [6.45, 7) is 2.81. The molecule has 1 unspecified atom stereocenters. The molecule has 0 radical (unpaired) electrons. The first-order valence-electron chi connectivity index (χ1n) is 7.79. The summed E-state index contributed by atoms with van der Waals surface area (Å²) in [6.07, 6.45) is 8.10. The van der Waals surface area contributed by atoms with E-state index in [1.54, 1.807) is 18.6 Å². The first-order valence-corrected chi connectivity index (χ1v) is 7.79. The van der Waals surface area contributed by atoms with Gasteiger partial charge in [-0.25, -0.2) is 15.0 Å². The molecule has 1 fully saturated rings. The number of hydrogen-bond acceptors (Lipinski definition) is 6. The molecule has 2 aromatic heterocycles. The van der Waals surface area contributed by atoms with Gasteiger partial charge < -0.3 is 10.6 Å². The summed E-state index contributed by atoms with van der Waals surface area (Å²) in [6, 6.07) is 2.15. The fraction of sp³-hybridized carbons (Fsp3) is 0.438. The summed E-state index contributed by atoms with van der Waals surface area (Å²) >= 11 is 0. The number of hydrogen-bond donors (Lipinski definition) is 1. The van der Waals surface area contributed by atoms with Crippen molar-refractivity contribution in [1.82, 2.24) is 19.9 Å². The van der Waals surface area contributed by atoms with Crippen LogP contribution in [0.2, 0.25) is 0 Å². The van der Waals surface area contributed by atoms with Crippen molar-refractivity contribution >= 4 is 11.7 Å². The van der Waals surface area contributed by atoms with E-state index in [1.807, 2.05) is 13.0 Å². The lowest BCUT2D eigenvalue weighted by Gasteiger charge is -2.25. The predicted octanol–water partition coefficient (Wildman–Crippen LogP) is 1.33. The number of carbonyl (C=O) groups excluding carboxylic acids is 1. The maximum absolute atomic E-state index is 11.0. The van der Waals surface area contributed by atoms with Crippen molar-refractivity contribution < 1.29 is 4.79 Å². The summed E-state index contributed by atoms with van der Waals surface area (Å²) in [4.78, 5) is 30.8. The fourth-order valence-electron chi connectivity index (χ4n) is 2.99. The van der Waals surface area contributed by atoms with E-state index in [2.05, 4.69) is 24.8 Å². The molecule has 2 N–H and O–H groups in total. The Labute approximate surface area is 135 Å². The van der Waals surface area contributed by atoms with E-state index in [9.17, 15) is 4.79 Å². The van der Waals surface area contributed by atoms with Gasteiger partial charge in [0.05, 0.1) is 17.9 Å². The van der Waals surface area contributed by atoms with E-state index < -0.39 is 0 Å². The van der Waals surface area contributed by atoms with Crippen LogP contribution in [0.15, 0.2) is 24.7 Å². The van der Waals surface area contributed by atoms with Crippen LogP contribution in [0.4, 0.5) is 5.82 Å². The molecule has 1 aliphatic heterocycles. The number of aromatic nitrogens is 4. The van der Waals surface area contributed by atoms with Crippen molar-refractivity contribution in [3.05, 3.63) is 41.9 Å². The average molecular weight is 312 g/mol. The third-order valence-electron chi connectivity index (χ3n) is 3.98. The van der Waals surface area contributed by atoms with Gasteiger partial charge in [0.2, 0.25) is 5.91 Å². The number of carbonyl (C=O) groups is 1. The molecule has 2 aromatic rings. The van der Waals surface area contributed by atoms with E-state index >= 15 is 0 Å². The van der Waals surface area contributed by atoms with E-state index in [-0.39, 0.29) is 11.9 Å². The highest BCUT2D eigenvalue weighted by Crippen LogP contribution is 2.34. The van der Waals surface area contributed by atoms with Crippen molar-refractivity contribution in [3.63, 3.8) is 0 Å². The Balaban J connectivity index is 1.86. The summed E-state index contributed by atoms with van der Waals surface area (Å²) in [7, 11) is 0. The van der Waals surface area contributed by atoms with Gasteiger partial charge in [0, 0.05) is 31.1 Å². The minimum Gasteiger partial charge on any atom is -0.370 e. The first-order chi connectivity index (χ1) is 11.1. The smallest absolute Gasteiger partial charge is 0.217 e. The van der Waals surface area contributed by atoms with Crippen LogP contribution >= 0.6 is 0 Å². The Bertz CT molecular complexity index is 690. The lowest BCUT2D eigenvalue weighted by atomic mass is 10.1. The van der Waals surface area contributed by atoms with Crippen molar-refractivity contribution in [2.45, 2.75) is 38.6 Å². The quantitative estimate of drug-likeness (QED) is 0.894. The highest BCUT2D eigenvalue weighted by molar-refractivity contribution is 5.73. The molecule has 1 aliphatic rings. The lowest BCUT2D eigenvalue weighted by molar-refractivity contribution is -0.118. The second kappa shape index (κ2) is 6.68. The van der Waals surface area contributed by atoms with Crippen LogP contribution in [-0.4, -0.2) is 32.4 Å². The molecule has 1 amide bonds. The van der Waals surface area contributed by atoms with Gasteiger partial charge in [-0.3, -0.25) is 9.78 Å². The number of rotatable bonds is 5. The molecule has 1 saturated heterocycles. The van der Waals surface area contributed by atoms with Gasteiger partial charge in [-0.1, -0.05) is 0 Å². The van der Waals surface area contributed by atoms with E-state index in [4.69, 9.17) is 5.73 Å². The molecule has 23 heavy (non-hydrogen) atoms. The molecule has 3 rings (SSSR count). The number of aryl methyl sites for hydroxylation is 2. The van der Waals surface area contributed by atoms with E-state index in [0.29, 0.717) is 18.7 Å². The monoisotopic (exact) mass is 312 g/mol. The highest BCUT2D eigenvalue weighted by Gasteiger charge is 2.28. The zero-order valence-corrected chi connectivity index (χ0v) is 13.1. The summed E-state index contributed by atoms with van der Waals surface area (Å²) in [5.74, 6) is 1.27. The van der Waals surface area contributed by atoms with Crippen LogP contribution in [0.5, 0.6) is 0 Å². The molecule has 0 aromatic carbocycles. The Morgan fingerprint density at radius 1 is 1.39 bits per heavy atom. The van der Waals surface area contributed by atoms with Gasteiger partial charge in [-0.2, -0.15) is 0 Å². The summed E-state index contributed by atoms with van der Waals surface area (Å²) in [5, 5.41) is 0. The number of nitrogens with zero attached hydrogens (tertiary/aromatic N) is 5. The SMILES string of the molecule is Cc1nc(CCC(N)=O)cc(C2CCCN2c2cnccn2)n1. The Morgan fingerprint density at radius 2 is 2.26 bits per heavy atom. The van der Waals surface area contributed by atoms with Crippen molar-refractivity contribution in [2.75, 3.05) is 11.4 Å². The van der Waals surface area contributed by atoms with Crippen molar-refractivity contribution in [1.29, 1.82) is 0 Å². The van der Waals surface area contributed by atoms with Crippen molar-refractivity contribution in [3.8, 4) is 0 Å². The lowest BCUT2D eigenvalue weighted by Crippen LogP contribution is -2.25. The van der Waals surface area contributed by atoms with Crippen LogP contribution in [0.1, 0.15) is 42.5 Å². The second-order valence-electron chi connectivity index (χ2n) is 5.71. The number of anilines is 1. The average Bonchev–Trinajstić information content (AvgIpc) is 3.03. The minimum absolute atomic E-state index is 0.167. The molecule has 0 aliphatic carbocycles. The van der Waals surface area contributed by atoms with Crippen LogP contribution < -0.4 is 10.6 Å². The number of primary amides is 1. The third kappa shape index (κ3) is 3.61. The molecule has 0 saturated carbocycles. The molecule has 0 spiro atoms. The van der Waals surface area contributed by atoms with Gasteiger partial charge in [-0.05, 0) is 32.3 Å². The molecule has 0 bridgehead atoms. The topological polar surface area (TPSA) is 97.9 Å². The summed E-state index contributed by atoms with van der Waals surface area (Å²) < 4.78 is 0. The van der Waals surface area contributed by atoms with Crippen LogP contribution in [-0.2, 0) is 11.2 Å². The molecule has 7 heteroatoms. The normalized spacial score (nSPS) is 17.4. The maximum Gasteiger partial charge on any atom is 0.217 e. The molecule has 1 atom stereocenters. The van der Waals surface area contributed by atoms with Crippen molar-refractivity contribution in [2.24, 2.45) is 5.73 Å². The van der Waals surface area contributed by atoms with E-state index in [0.717, 1.165) is 36.6 Å². The Hall–Kier alpha value is -2.57. The molecule has 3 heterocycles. The third-order valence-corrected chi connectivity index (χ3v) is 3.98. The molecular formula is C16H20N6O.